The summed E-state index contributed by atoms with van der Waals surface area (Å²) in [4.78, 5) is 16.5. The van der Waals surface area contributed by atoms with Crippen LogP contribution in [0, 0.1) is 40.9 Å². The van der Waals surface area contributed by atoms with Crippen LogP contribution in [-0.2, 0) is 4.79 Å². The van der Waals surface area contributed by atoms with Gasteiger partial charge in [-0.2, -0.15) is 0 Å². The molecule has 0 radical (unpaired) electrons. The van der Waals surface area contributed by atoms with Crippen molar-refractivity contribution in [3.05, 3.63) is 65.9 Å². The van der Waals surface area contributed by atoms with Gasteiger partial charge in [-0.05, 0) is 93.2 Å². The number of nitrogens with zero attached hydrogens (tertiary/aromatic N) is 1. The lowest BCUT2D eigenvalue weighted by atomic mass is 9.49. The zero-order valence-corrected chi connectivity index (χ0v) is 20.7. The van der Waals surface area contributed by atoms with Crippen molar-refractivity contribution >= 4 is 5.78 Å². The second-order valence-corrected chi connectivity index (χ2v) is 11.3. The van der Waals surface area contributed by atoms with Gasteiger partial charge in [0.1, 0.15) is 5.60 Å². The highest BCUT2D eigenvalue weighted by Crippen LogP contribution is 2.66. The van der Waals surface area contributed by atoms with Crippen LogP contribution >= 0.6 is 0 Å². The fourth-order valence-corrected chi connectivity index (χ4v) is 8.38. The summed E-state index contributed by atoms with van der Waals surface area (Å²) in [6, 6.07) is 14.2. The van der Waals surface area contributed by atoms with E-state index in [1.807, 2.05) is 42.6 Å². The maximum atomic E-state index is 12.1. The highest BCUT2D eigenvalue weighted by molar-refractivity contribution is 5.91. The molecule has 3 saturated carbocycles. The van der Waals surface area contributed by atoms with Crippen LogP contribution in [0.15, 0.2) is 60.3 Å². The van der Waals surface area contributed by atoms with Crippen LogP contribution in [0.25, 0.3) is 11.3 Å². The number of benzene rings is 1. The number of carbonyl (C=O) groups excluding carboxylic acids is 1. The van der Waals surface area contributed by atoms with Crippen LogP contribution < -0.4 is 0 Å². The molecule has 0 saturated heterocycles. The SMILES string of the molecule is CC[C@]12CC[C@H]3[C@@H](CCC4=CC(=O)CC[C@@H]43)[C@@H]1CC[C@@]2(O)C#Cc1ccnc(-c2ccccc2)c1. The number of hydrogen-bond acceptors (Lipinski definition) is 3. The molecule has 6 atom stereocenters. The maximum absolute atomic E-state index is 12.1. The minimum atomic E-state index is -0.938. The number of carbonyl (C=O) groups is 1. The Morgan fingerprint density at radius 3 is 2.71 bits per heavy atom. The molecule has 35 heavy (non-hydrogen) atoms. The molecular formula is C32H35NO2. The van der Waals surface area contributed by atoms with E-state index < -0.39 is 5.60 Å². The Hall–Kier alpha value is -2.70. The molecule has 0 unspecified atom stereocenters. The smallest absolute Gasteiger partial charge is 0.155 e. The molecule has 1 heterocycles. The summed E-state index contributed by atoms with van der Waals surface area (Å²) in [7, 11) is 0. The first-order valence-electron chi connectivity index (χ1n) is 13.5. The zero-order valence-electron chi connectivity index (χ0n) is 20.7. The van der Waals surface area contributed by atoms with Gasteiger partial charge in [0.15, 0.2) is 5.78 Å². The Bertz CT molecular complexity index is 1220. The third-order valence-corrected chi connectivity index (χ3v) is 10.0. The van der Waals surface area contributed by atoms with E-state index in [9.17, 15) is 9.90 Å². The Kier molecular flexibility index (Phi) is 5.69. The number of aliphatic hydroxyl groups is 1. The number of fused-ring (bicyclic) bond motifs is 5. The van der Waals surface area contributed by atoms with Crippen LogP contribution in [-0.4, -0.2) is 21.5 Å². The lowest BCUT2D eigenvalue weighted by Gasteiger charge is -2.56. The Morgan fingerprint density at radius 2 is 1.89 bits per heavy atom. The Balaban J connectivity index is 1.28. The molecule has 1 aromatic heterocycles. The Morgan fingerprint density at radius 1 is 1.03 bits per heavy atom. The largest absolute Gasteiger partial charge is 0.377 e. The topological polar surface area (TPSA) is 50.2 Å². The highest BCUT2D eigenvalue weighted by Gasteiger charge is 2.63. The van der Waals surface area contributed by atoms with Crippen molar-refractivity contribution < 1.29 is 9.90 Å². The van der Waals surface area contributed by atoms with Crippen LogP contribution in [0.2, 0.25) is 0 Å². The van der Waals surface area contributed by atoms with Crippen LogP contribution in [0.1, 0.15) is 70.3 Å². The summed E-state index contributed by atoms with van der Waals surface area (Å²) < 4.78 is 0. The van der Waals surface area contributed by atoms with Gasteiger partial charge in [0, 0.05) is 29.2 Å². The molecule has 180 valence electrons. The molecule has 4 aliphatic rings. The number of hydrogen-bond donors (Lipinski definition) is 1. The fourth-order valence-electron chi connectivity index (χ4n) is 8.38. The highest BCUT2D eigenvalue weighted by atomic mass is 16.3. The summed E-state index contributed by atoms with van der Waals surface area (Å²) in [5.41, 5.74) is 3.26. The molecule has 2 aromatic rings. The molecule has 0 spiro atoms. The van der Waals surface area contributed by atoms with Gasteiger partial charge in [0.25, 0.3) is 0 Å². The van der Waals surface area contributed by atoms with Gasteiger partial charge < -0.3 is 5.11 Å². The number of allylic oxidation sites excluding steroid dienone is 1. The number of rotatable bonds is 2. The van der Waals surface area contributed by atoms with Gasteiger partial charge in [0.05, 0.1) is 5.69 Å². The van der Waals surface area contributed by atoms with Crippen molar-refractivity contribution in [3.8, 4) is 23.1 Å². The van der Waals surface area contributed by atoms with E-state index in [0.29, 0.717) is 35.9 Å². The van der Waals surface area contributed by atoms with E-state index in [0.717, 1.165) is 61.8 Å². The van der Waals surface area contributed by atoms with E-state index in [4.69, 9.17) is 0 Å². The van der Waals surface area contributed by atoms with Crippen LogP contribution in [0.4, 0.5) is 0 Å². The zero-order chi connectivity index (χ0) is 24.0. The van der Waals surface area contributed by atoms with Gasteiger partial charge in [-0.15, -0.1) is 0 Å². The molecule has 3 nitrogen and oxygen atoms in total. The van der Waals surface area contributed by atoms with Crippen molar-refractivity contribution in [2.75, 3.05) is 0 Å². The minimum Gasteiger partial charge on any atom is -0.377 e. The lowest BCUT2D eigenvalue weighted by Crippen LogP contribution is -2.53. The summed E-state index contributed by atoms with van der Waals surface area (Å²) >= 11 is 0. The lowest BCUT2D eigenvalue weighted by molar-refractivity contribution is -0.117. The normalized spacial score (nSPS) is 35.7. The van der Waals surface area contributed by atoms with Crippen molar-refractivity contribution in [3.63, 3.8) is 0 Å². The van der Waals surface area contributed by atoms with E-state index >= 15 is 0 Å². The fraction of sp³-hybridized carbons (Fsp3) is 0.500. The summed E-state index contributed by atoms with van der Waals surface area (Å²) in [6.45, 7) is 2.26. The molecule has 4 aliphatic carbocycles. The summed E-state index contributed by atoms with van der Waals surface area (Å²) in [5.74, 6) is 9.57. The van der Waals surface area contributed by atoms with Gasteiger partial charge in [-0.1, -0.05) is 54.7 Å². The molecule has 1 aromatic carbocycles. The van der Waals surface area contributed by atoms with Crippen LogP contribution in [0.5, 0.6) is 0 Å². The first-order chi connectivity index (χ1) is 17.0. The molecule has 3 fully saturated rings. The van der Waals surface area contributed by atoms with Crippen molar-refractivity contribution in [1.29, 1.82) is 0 Å². The van der Waals surface area contributed by atoms with Gasteiger partial charge in [-0.3, -0.25) is 9.78 Å². The molecule has 0 amide bonds. The third-order valence-electron chi connectivity index (χ3n) is 10.0. The number of ketones is 1. The molecule has 1 N–H and O–H groups in total. The quantitative estimate of drug-likeness (QED) is 0.525. The maximum Gasteiger partial charge on any atom is 0.155 e. The molecule has 0 bridgehead atoms. The second-order valence-electron chi connectivity index (χ2n) is 11.3. The molecular weight excluding hydrogens is 430 g/mol. The van der Waals surface area contributed by atoms with Gasteiger partial charge >= 0.3 is 0 Å². The second kappa shape index (κ2) is 8.75. The van der Waals surface area contributed by atoms with Crippen molar-refractivity contribution in [2.24, 2.45) is 29.1 Å². The number of aromatic nitrogens is 1. The standard InChI is InChI=1S/C32H35NO2/c1-2-31-16-13-27-26-11-9-25(34)21-24(26)8-10-28(27)29(31)14-18-32(31,35)17-12-22-15-19-33-30(20-22)23-6-4-3-5-7-23/h3-7,15,19-21,26-29,35H,2,8-11,13-14,16,18H2,1H3/t26-,27+,28+,29-,31-,32-/m0/s1. The van der Waals surface area contributed by atoms with E-state index in [1.54, 1.807) is 0 Å². The van der Waals surface area contributed by atoms with Crippen molar-refractivity contribution in [2.45, 2.75) is 70.3 Å². The summed E-state index contributed by atoms with van der Waals surface area (Å²) in [6.07, 6.45) is 12.8. The third kappa shape index (κ3) is 3.69. The summed E-state index contributed by atoms with van der Waals surface area (Å²) in [5, 5.41) is 12.1. The van der Waals surface area contributed by atoms with Crippen molar-refractivity contribution in [1.82, 2.24) is 4.98 Å². The van der Waals surface area contributed by atoms with E-state index in [-0.39, 0.29) is 5.41 Å². The molecule has 0 aliphatic heterocycles. The molecule has 6 rings (SSSR count). The Labute approximate surface area is 209 Å². The minimum absolute atomic E-state index is 0.123. The monoisotopic (exact) mass is 465 g/mol. The van der Waals surface area contributed by atoms with Crippen LogP contribution in [0.3, 0.4) is 0 Å². The average Bonchev–Trinajstić information content (AvgIpc) is 3.21. The van der Waals surface area contributed by atoms with E-state index in [2.05, 4.69) is 35.9 Å². The van der Waals surface area contributed by atoms with Gasteiger partial charge in [0.2, 0.25) is 0 Å². The van der Waals surface area contributed by atoms with E-state index in [1.165, 1.54) is 12.0 Å². The number of pyridine rings is 1. The average molecular weight is 466 g/mol. The first-order valence-corrected chi connectivity index (χ1v) is 13.5. The predicted molar refractivity (Wildman–Crippen MR) is 138 cm³/mol. The van der Waals surface area contributed by atoms with Gasteiger partial charge in [-0.25, -0.2) is 0 Å². The first kappa shape index (κ1) is 22.7. The predicted octanol–water partition coefficient (Wildman–Crippen LogP) is 6.36. The molecule has 3 heteroatoms.